The maximum absolute atomic E-state index is 13.3. The van der Waals surface area contributed by atoms with Gasteiger partial charge in [-0.25, -0.2) is 4.68 Å². The minimum Gasteiger partial charge on any atom is -0.336 e. The highest BCUT2D eigenvalue weighted by Crippen LogP contribution is 2.26. The summed E-state index contributed by atoms with van der Waals surface area (Å²) in [5.41, 5.74) is 2.17. The van der Waals surface area contributed by atoms with Crippen LogP contribution in [0.5, 0.6) is 0 Å². The summed E-state index contributed by atoms with van der Waals surface area (Å²) >= 11 is 6.13. The molecule has 1 aromatic carbocycles. The van der Waals surface area contributed by atoms with Crippen LogP contribution < -0.4 is 0 Å². The Bertz CT molecular complexity index is 1090. The highest BCUT2D eigenvalue weighted by Gasteiger charge is 2.36. The third-order valence-electron chi connectivity index (χ3n) is 6.79. The van der Waals surface area contributed by atoms with Crippen molar-refractivity contribution in [2.75, 3.05) is 33.2 Å². The van der Waals surface area contributed by atoms with Crippen molar-refractivity contribution in [3.63, 3.8) is 0 Å². The molecule has 0 radical (unpaired) electrons. The van der Waals surface area contributed by atoms with Gasteiger partial charge in [0.1, 0.15) is 0 Å². The normalized spacial score (nSPS) is 18.7. The van der Waals surface area contributed by atoms with E-state index < -0.39 is 10.2 Å². The van der Waals surface area contributed by atoms with E-state index in [1.165, 1.54) is 10.7 Å². The Morgan fingerprint density at radius 1 is 1.15 bits per heavy atom. The fourth-order valence-corrected chi connectivity index (χ4v) is 6.59. The van der Waals surface area contributed by atoms with Crippen LogP contribution >= 0.6 is 11.6 Å². The molecule has 1 aliphatic heterocycles. The summed E-state index contributed by atoms with van der Waals surface area (Å²) in [6.07, 6.45) is 7.41. The fourth-order valence-electron chi connectivity index (χ4n) is 4.83. The van der Waals surface area contributed by atoms with Gasteiger partial charge in [-0.05, 0) is 37.5 Å². The summed E-state index contributed by atoms with van der Waals surface area (Å²) in [4.78, 5) is 15.0. The van der Waals surface area contributed by atoms with Crippen LogP contribution in [0.4, 0.5) is 0 Å². The van der Waals surface area contributed by atoms with Gasteiger partial charge in [-0.1, -0.05) is 43.9 Å². The Morgan fingerprint density at radius 3 is 2.48 bits per heavy atom. The summed E-state index contributed by atoms with van der Waals surface area (Å²) in [6, 6.07) is 7.44. The molecule has 1 saturated heterocycles. The van der Waals surface area contributed by atoms with Crippen molar-refractivity contribution >= 4 is 27.7 Å². The molecule has 1 saturated carbocycles. The van der Waals surface area contributed by atoms with Crippen LogP contribution in [-0.4, -0.2) is 76.9 Å². The van der Waals surface area contributed by atoms with Crippen LogP contribution in [0.25, 0.3) is 5.69 Å². The van der Waals surface area contributed by atoms with E-state index in [1.54, 1.807) is 33.2 Å². The molecule has 2 aliphatic rings. The Hall–Kier alpha value is -1.94. The second-order valence-electron chi connectivity index (χ2n) is 8.76. The predicted octanol–water partition coefficient (Wildman–Crippen LogP) is 3.36. The van der Waals surface area contributed by atoms with E-state index >= 15 is 0 Å². The zero-order chi connectivity index (χ0) is 23.6. The Balaban J connectivity index is 1.44. The standard InChI is InChI=1S/C23H32ClN5O3S/c1-3-22-21(17-25-29(22)20-11-7-8-18(24)16-20)23(30)27-12-14-28(15-13-27)33(31,32)26(2)19-9-5-4-6-10-19/h7-8,11,16-17,19H,3-6,9-10,12-15H2,1-2H3. The van der Waals surface area contributed by atoms with Crippen molar-refractivity contribution in [1.82, 2.24) is 23.3 Å². The Kier molecular flexibility index (Phi) is 7.43. The quantitative estimate of drug-likeness (QED) is 0.618. The van der Waals surface area contributed by atoms with Gasteiger partial charge in [0.2, 0.25) is 0 Å². The third-order valence-corrected chi connectivity index (χ3v) is 9.07. The summed E-state index contributed by atoms with van der Waals surface area (Å²) in [6.45, 7) is 3.31. The first-order valence-corrected chi connectivity index (χ1v) is 13.5. The van der Waals surface area contributed by atoms with Crippen LogP contribution in [0.1, 0.15) is 55.1 Å². The van der Waals surface area contributed by atoms with Gasteiger partial charge < -0.3 is 4.90 Å². The fraction of sp³-hybridized carbons (Fsp3) is 0.565. The smallest absolute Gasteiger partial charge is 0.282 e. The molecule has 1 amide bonds. The highest BCUT2D eigenvalue weighted by molar-refractivity contribution is 7.86. The van der Waals surface area contributed by atoms with Crippen molar-refractivity contribution in [3.8, 4) is 5.69 Å². The molecule has 33 heavy (non-hydrogen) atoms. The number of nitrogens with zero attached hydrogens (tertiary/aromatic N) is 5. The Morgan fingerprint density at radius 2 is 1.85 bits per heavy atom. The van der Waals surface area contributed by atoms with E-state index in [0.29, 0.717) is 43.2 Å². The van der Waals surface area contributed by atoms with Crippen molar-refractivity contribution < 1.29 is 13.2 Å². The van der Waals surface area contributed by atoms with Gasteiger partial charge in [0.15, 0.2) is 0 Å². The minimum atomic E-state index is -3.52. The van der Waals surface area contributed by atoms with Gasteiger partial charge in [-0.15, -0.1) is 0 Å². The van der Waals surface area contributed by atoms with E-state index in [4.69, 9.17) is 11.6 Å². The molecule has 0 N–H and O–H groups in total. The molecular weight excluding hydrogens is 462 g/mol. The van der Waals surface area contributed by atoms with Crippen LogP contribution in [0.3, 0.4) is 0 Å². The second-order valence-corrected chi connectivity index (χ2v) is 11.2. The monoisotopic (exact) mass is 493 g/mol. The van der Waals surface area contributed by atoms with Gasteiger partial charge in [0.05, 0.1) is 23.1 Å². The lowest BCUT2D eigenvalue weighted by atomic mass is 9.96. The molecule has 2 aromatic rings. The molecule has 0 bridgehead atoms. The van der Waals surface area contributed by atoms with Crippen molar-refractivity contribution in [1.29, 1.82) is 0 Å². The number of aromatic nitrogens is 2. The van der Waals surface area contributed by atoms with E-state index in [9.17, 15) is 13.2 Å². The molecule has 1 aliphatic carbocycles. The zero-order valence-corrected chi connectivity index (χ0v) is 20.9. The van der Waals surface area contributed by atoms with Crippen LogP contribution in [-0.2, 0) is 16.6 Å². The molecule has 10 heteroatoms. The van der Waals surface area contributed by atoms with E-state index in [2.05, 4.69) is 5.10 Å². The lowest BCUT2D eigenvalue weighted by Gasteiger charge is -2.38. The van der Waals surface area contributed by atoms with Crippen LogP contribution in [0.2, 0.25) is 5.02 Å². The van der Waals surface area contributed by atoms with Gasteiger partial charge >= 0.3 is 0 Å². The number of piperazine rings is 1. The highest BCUT2D eigenvalue weighted by atomic mass is 35.5. The lowest BCUT2D eigenvalue weighted by molar-refractivity contribution is 0.0691. The molecule has 4 rings (SSSR count). The average molecular weight is 494 g/mol. The first kappa shape index (κ1) is 24.2. The van der Waals surface area contributed by atoms with Crippen molar-refractivity contribution in [3.05, 3.63) is 46.7 Å². The van der Waals surface area contributed by atoms with Crippen molar-refractivity contribution in [2.24, 2.45) is 0 Å². The first-order chi connectivity index (χ1) is 15.8. The number of hydrogen-bond donors (Lipinski definition) is 0. The molecule has 0 unspecified atom stereocenters. The van der Waals surface area contributed by atoms with Crippen LogP contribution in [0.15, 0.2) is 30.5 Å². The van der Waals surface area contributed by atoms with E-state index in [-0.39, 0.29) is 11.9 Å². The number of halogens is 1. The third kappa shape index (κ3) is 4.96. The summed E-state index contributed by atoms with van der Waals surface area (Å²) in [5.74, 6) is -0.113. The molecule has 2 fully saturated rings. The SMILES string of the molecule is CCc1c(C(=O)N2CCN(S(=O)(=O)N(C)C3CCCCC3)CC2)cnn1-c1cccc(Cl)c1. The minimum absolute atomic E-state index is 0.0767. The maximum atomic E-state index is 13.3. The topological polar surface area (TPSA) is 78.8 Å². The summed E-state index contributed by atoms with van der Waals surface area (Å²) < 4.78 is 31.1. The predicted molar refractivity (Wildman–Crippen MR) is 129 cm³/mol. The van der Waals surface area contributed by atoms with E-state index in [0.717, 1.165) is 37.1 Å². The molecule has 1 aromatic heterocycles. The number of carbonyl (C=O) groups is 1. The number of rotatable bonds is 6. The molecule has 180 valence electrons. The number of benzene rings is 1. The van der Waals surface area contributed by atoms with Gasteiger partial charge in [0.25, 0.3) is 16.1 Å². The van der Waals surface area contributed by atoms with Gasteiger partial charge in [0, 0.05) is 44.3 Å². The van der Waals surface area contributed by atoms with Gasteiger partial charge in [-0.3, -0.25) is 4.79 Å². The molecule has 8 nitrogen and oxygen atoms in total. The van der Waals surface area contributed by atoms with Crippen molar-refractivity contribution in [2.45, 2.75) is 51.5 Å². The lowest BCUT2D eigenvalue weighted by Crippen LogP contribution is -2.55. The first-order valence-electron chi connectivity index (χ1n) is 11.7. The molecular formula is C23H32ClN5O3S. The summed E-state index contributed by atoms with van der Waals surface area (Å²) in [7, 11) is -1.83. The number of hydrogen-bond acceptors (Lipinski definition) is 4. The zero-order valence-electron chi connectivity index (χ0n) is 19.3. The molecule has 0 atom stereocenters. The van der Waals surface area contributed by atoms with Crippen LogP contribution in [0, 0.1) is 0 Å². The maximum Gasteiger partial charge on any atom is 0.282 e. The van der Waals surface area contributed by atoms with Gasteiger partial charge in [-0.2, -0.15) is 22.1 Å². The largest absolute Gasteiger partial charge is 0.336 e. The number of amides is 1. The second kappa shape index (κ2) is 10.1. The average Bonchev–Trinajstić information content (AvgIpc) is 3.28. The molecule has 2 heterocycles. The summed E-state index contributed by atoms with van der Waals surface area (Å²) in [5, 5.41) is 5.05. The number of carbonyl (C=O) groups excluding carboxylic acids is 1. The van der Waals surface area contributed by atoms with E-state index in [1.807, 2.05) is 25.1 Å². The molecule has 0 spiro atoms. The Labute approximate surface area is 201 Å².